The largest absolute Gasteiger partial charge is 0.393 e. The summed E-state index contributed by atoms with van der Waals surface area (Å²) in [6.07, 6.45) is -3.06. The van der Waals surface area contributed by atoms with Crippen LogP contribution in [0.4, 0.5) is 70.2 Å². The van der Waals surface area contributed by atoms with Crippen LogP contribution in [-0.4, -0.2) is 70.2 Å². The Morgan fingerprint density at radius 3 is 0.868 bits per heavy atom. The van der Waals surface area contributed by atoms with Gasteiger partial charge < -0.3 is 10.6 Å². The fourth-order valence-corrected chi connectivity index (χ4v) is 3.21. The summed E-state index contributed by atoms with van der Waals surface area (Å²) in [6, 6.07) is -3.38. The van der Waals surface area contributed by atoms with Crippen LogP contribution < -0.4 is 10.6 Å². The number of nitrogens with one attached hydrogen (secondary N) is 2. The van der Waals surface area contributed by atoms with Gasteiger partial charge in [-0.2, -0.15) is 70.2 Å². The molecule has 0 heterocycles. The van der Waals surface area contributed by atoms with E-state index in [-0.39, 0.29) is 0 Å². The Kier molecular flexibility index (Phi) is 9.15. The van der Waals surface area contributed by atoms with E-state index < -0.39 is 95.9 Å². The smallest absolute Gasteiger partial charge is 0.348 e. The number of halogens is 18. The van der Waals surface area contributed by atoms with E-state index in [1.807, 2.05) is 0 Å². The molecule has 1 fully saturated rings. The molecule has 38 heavy (non-hydrogen) atoms. The van der Waals surface area contributed by atoms with Gasteiger partial charge in [-0.15, -0.1) is 0 Å². The lowest BCUT2D eigenvalue weighted by molar-refractivity contribution is -0.338. The number of alkyl halides is 18. The lowest BCUT2D eigenvalue weighted by atomic mass is 9.90. The first-order valence-corrected chi connectivity index (χ1v) is 10.3. The molecular formula is C16H12Cl2F16N2O2. The van der Waals surface area contributed by atoms with Crippen molar-refractivity contribution < 1.29 is 79.8 Å². The summed E-state index contributed by atoms with van der Waals surface area (Å²) in [5, 5.41) is -10.3. The molecule has 0 atom stereocenters. The first-order valence-electron chi connectivity index (χ1n) is 9.52. The SMILES string of the molecule is O=C(NC1CCC(NC(=O)C(F)(F)C(F)(F)C(F)(F)C(F)(F)Cl)CC1)C(F)(F)C(F)(F)C(F)(F)C(F)(F)Cl. The van der Waals surface area contributed by atoms with E-state index in [2.05, 4.69) is 23.2 Å². The van der Waals surface area contributed by atoms with Crippen LogP contribution in [0.15, 0.2) is 0 Å². The highest BCUT2D eigenvalue weighted by atomic mass is 35.5. The molecule has 224 valence electrons. The molecule has 1 aliphatic carbocycles. The highest BCUT2D eigenvalue weighted by molar-refractivity contribution is 6.22. The van der Waals surface area contributed by atoms with Gasteiger partial charge in [-0.1, -0.05) is 0 Å². The predicted octanol–water partition coefficient (Wildman–Crippen LogP) is 6.01. The fourth-order valence-electron chi connectivity index (χ4n) is 2.97. The zero-order valence-corrected chi connectivity index (χ0v) is 19.1. The number of hydrogen-bond donors (Lipinski definition) is 2. The standard InChI is InChI=1S/C16H12Cl2F16N2O2/c17-15(31,32)13(27,28)11(23,24)9(19,20)7(37)35-5-1-2-6(4-3-5)36-8(38)10(21,22)12(25,26)14(29,30)16(18,33)34/h5-6H,1-4H2,(H,35,37)(H,36,38). The van der Waals surface area contributed by atoms with Gasteiger partial charge in [0.25, 0.3) is 11.8 Å². The van der Waals surface area contributed by atoms with Crippen molar-refractivity contribution in [3.05, 3.63) is 0 Å². The summed E-state index contributed by atoms with van der Waals surface area (Å²) in [4.78, 5) is 22.9. The second-order valence-electron chi connectivity index (χ2n) is 7.94. The van der Waals surface area contributed by atoms with E-state index in [1.54, 1.807) is 0 Å². The first-order chi connectivity index (χ1) is 16.5. The molecule has 0 spiro atoms. The van der Waals surface area contributed by atoms with Crippen molar-refractivity contribution >= 4 is 35.0 Å². The summed E-state index contributed by atoms with van der Waals surface area (Å²) < 4.78 is 211. The van der Waals surface area contributed by atoms with Crippen LogP contribution in [0.3, 0.4) is 0 Å². The van der Waals surface area contributed by atoms with Gasteiger partial charge in [0.2, 0.25) is 0 Å². The summed E-state index contributed by atoms with van der Waals surface area (Å²) >= 11 is 7.46. The Bertz CT molecular complexity index is 823. The van der Waals surface area contributed by atoms with E-state index in [0.717, 1.165) is 10.6 Å². The number of amides is 2. The number of carbonyl (C=O) groups excluding carboxylic acids is 2. The van der Waals surface area contributed by atoms with E-state index in [4.69, 9.17) is 0 Å². The highest BCUT2D eigenvalue weighted by Crippen LogP contribution is 2.55. The molecule has 2 N–H and O–H groups in total. The minimum atomic E-state index is -7.04. The van der Waals surface area contributed by atoms with Gasteiger partial charge in [0.1, 0.15) is 0 Å². The molecule has 2 amide bonds. The molecule has 4 nitrogen and oxygen atoms in total. The number of carbonyl (C=O) groups is 2. The molecule has 0 saturated heterocycles. The molecule has 0 aliphatic heterocycles. The van der Waals surface area contributed by atoms with Crippen molar-refractivity contribution in [2.24, 2.45) is 0 Å². The average Bonchev–Trinajstić information content (AvgIpc) is 2.72. The summed E-state index contributed by atoms with van der Waals surface area (Å²) in [5.74, 6) is -47.4. The molecule has 1 aliphatic rings. The quantitative estimate of drug-likeness (QED) is 0.228. The van der Waals surface area contributed by atoms with Crippen LogP contribution in [0.1, 0.15) is 25.7 Å². The van der Waals surface area contributed by atoms with Gasteiger partial charge in [0.05, 0.1) is 0 Å². The Hall–Kier alpha value is -1.60. The van der Waals surface area contributed by atoms with Crippen molar-refractivity contribution in [2.75, 3.05) is 0 Å². The van der Waals surface area contributed by atoms with E-state index >= 15 is 0 Å². The maximum absolute atomic E-state index is 13.7. The molecule has 0 radical (unpaired) electrons. The first kappa shape index (κ1) is 34.4. The Morgan fingerprint density at radius 2 is 0.684 bits per heavy atom. The lowest BCUT2D eigenvalue weighted by Gasteiger charge is -2.36. The van der Waals surface area contributed by atoms with Gasteiger partial charge in [-0.25, -0.2) is 0 Å². The van der Waals surface area contributed by atoms with E-state index in [9.17, 15) is 79.8 Å². The molecule has 0 bridgehead atoms. The number of hydrogen-bond acceptors (Lipinski definition) is 2. The highest BCUT2D eigenvalue weighted by Gasteiger charge is 2.83. The van der Waals surface area contributed by atoms with E-state index in [1.165, 1.54) is 0 Å². The van der Waals surface area contributed by atoms with Crippen LogP contribution in [0.25, 0.3) is 0 Å². The van der Waals surface area contributed by atoms with E-state index in [0.29, 0.717) is 0 Å². The Morgan fingerprint density at radius 1 is 0.474 bits per heavy atom. The molecule has 22 heteroatoms. The third-order valence-corrected chi connectivity index (χ3v) is 5.73. The number of rotatable bonds is 10. The van der Waals surface area contributed by atoms with Crippen molar-refractivity contribution in [2.45, 2.75) is 84.1 Å². The summed E-state index contributed by atoms with van der Waals surface area (Å²) in [6.45, 7) is 0. The van der Waals surface area contributed by atoms with Gasteiger partial charge >= 0.3 is 46.3 Å². The van der Waals surface area contributed by atoms with Crippen molar-refractivity contribution in [1.29, 1.82) is 0 Å². The summed E-state index contributed by atoms with van der Waals surface area (Å²) in [7, 11) is 0. The predicted molar refractivity (Wildman–Crippen MR) is 93.6 cm³/mol. The Labute approximate surface area is 210 Å². The van der Waals surface area contributed by atoms with Crippen LogP contribution in [0.5, 0.6) is 0 Å². The normalized spacial score (nSPS) is 21.2. The molecule has 1 rings (SSSR count). The molecule has 0 unspecified atom stereocenters. The maximum Gasteiger partial charge on any atom is 0.393 e. The van der Waals surface area contributed by atoms with Gasteiger partial charge in [-0.3, -0.25) is 9.59 Å². The maximum atomic E-state index is 13.7. The zero-order chi connectivity index (χ0) is 30.6. The molecule has 0 aromatic heterocycles. The van der Waals surface area contributed by atoms with Crippen LogP contribution >= 0.6 is 23.2 Å². The second-order valence-corrected chi connectivity index (χ2v) is 8.89. The minimum absolute atomic E-state index is 0.766. The minimum Gasteiger partial charge on any atom is -0.348 e. The fraction of sp³-hybridized carbons (Fsp3) is 0.875. The van der Waals surface area contributed by atoms with Crippen molar-refractivity contribution in [3.8, 4) is 0 Å². The van der Waals surface area contributed by atoms with Crippen LogP contribution in [0.2, 0.25) is 0 Å². The third-order valence-electron chi connectivity index (χ3n) is 5.26. The second kappa shape index (κ2) is 10.1. The summed E-state index contributed by atoms with van der Waals surface area (Å²) in [5.41, 5.74) is 0. The molecule has 0 aromatic carbocycles. The third kappa shape index (κ3) is 5.65. The topological polar surface area (TPSA) is 58.2 Å². The molecular weight excluding hydrogens is 627 g/mol. The average molecular weight is 639 g/mol. The van der Waals surface area contributed by atoms with Gasteiger partial charge in [-0.05, 0) is 48.9 Å². The Balaban J connectivity index is 2.88. The van der Waals surface area contributed by atoms with Gasteiger partial charge in [0.15, 0.2) is 0 Å². The van der Waals surface area contributed by atoms with Crippen molar-refractivity contribution in [3.63, 3.8) is 0 Å². The zero-order valence-electron chi connectivity index (χ0n) is 17.6. The lowest BCUT2D eigenvalue weighted by Crippen LogP contribution is -2.66. The van der Waals surface area contributed by atoms with Crippen LogP contribution in [-0.2, 0) is 9.59 Å². The molecule has 1 saturated carbocycles. The van der Waals surface area contributed by atoms with Crippen molar-refractivity contribution in [1.82, 2.24) is 10.6 Å². The monoisotopic (exact) mass is 638 g/mol. The van der Waals surface area contributed by atoms with Gasteiger partial charge in [0, 0.05) is 12.1 Å². The molecule has 0 aromatic rings. The van der Waals surface area contributed by atoms with Crippen LogP contribution in [0, 0.1) is 0 Å².